The van der Waals surface area contributed by atoms with Crippen LogP contribution < -0.4 is 0 Å². The first kappa shape index (κ1) is 11.7. The Morgan fingerprint density at radius 3 is 2.47 bits per heavy atom. The number of hydrogen-bond donors (Lipinski definition) is 0. The fourth-order valence-corrected chi connectivity index (χ4v) is 2.03. The Morgan fingerprint density at radius 1 is 1.35 bits per heavy atom. The molecule has 0 saturated heterocycles. The smallest absolute Gasteiger partial charge is 0.264 e. The number of aryl methyl sites for hydroxylation is 1. The average Bonchev–Trinajstić information content (AvgIpc) is 2.83. The first-order valence-corrected chi connectivity index (χ1v) is 5.17. The normalized spacial score (nSPS) is 11.8. The highest BCUT2D eigenvalue weighted by molar-refractivity contribution is 7.13. The second kappa shape index (κ2) is 3.91. The molecule has 0 aliphatic rings. The highest BCUT2D eigenvalue weighted by atomic mass is 32.1. The summed E-state index contributed by atoms with van der Waals surface area (Å²) in [6.07, 6.45) is -2.25. The minimum atomic E-state index is -4.66. The van der Waals surface area contributed by atoms with Gasteiger partial charge in [-0.25, -0.2) is 4.98 Å². The Bertz CT molecular complexity index is 546. The Morgan fingerprint density at radius 2 is 1.94 bits per heavy atom. The van der Waals surface area contributed by atoms with Crippen molar-refractivity contribution in [2.75, 3.05) is 0 Å². The summed E-state index contributed by atoms with van der Waals surface area (Å²) in [5.41, 5.74) is -1.19. The van der Waals surface area contributed by atoms with Gasteiger partial charge in [0, 0.05) is 0 Å². The lowest BCUT2D eigenvalue weighted by Crippen LogP contribution is -2.19. The molecule has 9 heteroatoms. The summed E-state index contributed by atoms with van der Waals surface area (Å²) < 4.78 is 37.8. The van der Waals surface area contributed by atoms with Crippen LogP contribution in [0.15, 0.2) is 12.4 Å². The van der Waals surface area contributed by atoms with Gasteiger partial charge in [-0.2, -0.15) is 23.4 Å². The zero-order valence-corrected chi connectivity index (χ0v) is 9.21. The third kappa shape index (κ3) is 2.18. The van der Waals surface area contributed by atoms with E-state index < -0.39 is 22.7 Å². The van der Waals surface area contributed by atoms with E-state index in [9.17, 15) is 18.0 Å². The van der Waals surface area contributed by atoms with E-state index in [2.05, 4.69) is 15.2 Å². The van der Waals surface area contributed by atoms with Crippen molar-refractivity contribution >= 4 is 17.2 Å². The largest absolute Gasteiger partial charge is 0.435 e. The van der Waals surface area contributed by atoms with Crippen LogP contribution in [0, 0.1) is 6.92 Å². The highest BCUT2D eigenvalue weighted by Gasteiger charge is 2.39. The van der Waals surface area contributed by atoms with E-state index in [1.807, 2.05) is 0 Å². The molecule has 0 atom stereocenters. The predicted octanol–water partition coefficient (Wildman–Crippen LogP) is 1.75. The molecule has 2 aromatic heterocycles. The number of nitrogens with zero attached hydrogens (tertiary/aromatic N) is 4. The lowest BCUT2D eigenvalue weighted by atomic mass is 10.3. The third-order valence-electron chi connectivity index (χ3n) is 1.80. The Labute approximate surface area is 96.9 Å². The molecule has 0 N–H and O–H groups in total. The van der Waals surface area contributed by atoms with E-state index in [-0.39, 0.29) is 5.01 Å². The van der Waals surface area contributed by atoms with Gasteiger partial charge in [0.1, 0.15) is 4.88 Å². The van der Waals surface area contributed by atoms with Crippen molar-refractivity contribution in [2.24, 2.45) is 0 Å². The molecule has 2 heterocycles. The van der Waals surface area contributed by atoms with Crippen molar-refractivity contribution in [3.8, 4) is 0 Å². The zero-order valence-electron chi connectivity index (χ0n) is 8.39. The van der Waals surface area contributed by atoms with E-state index >= 15 is 0 Å². The van der Waals surface area contributed by atoms with Crippen LogP contribution in [0.5, 0.6) is 0 Å². The molecule has 0 saturated carbocycles. The number of alkyl halides is 3. The summed E-state index contributed by atoms with van der Waals surface area (Å²) in [7, 11) is 0. The van der Waals surface area contributed by atoms with Crippen molar-refractivity contribution in [1.82, 2.24) is 20.0 Å². The first-order valence-electron chi connectivity index (χ1n) is 4.35. The van der Waals surface area contributed by atoms with E-state index in [0.717, 1.165) is 0 Å². The molecule has 0 aromatic carbocycles. The standard InChI is InChI=1S/C8H5F3N4OS/c1-4-14-6(8(9,10)11)5(17-4)7(16)15-12-2-3-13-15/h2-3H,1H3. The number of thiazole rings is 1. The van der Waals surface area contributed by atoms with E-state index in [4.69, 9.17) is 0 Å². The lowest BCUT2D eigenvalue weighted by molar-refractivity contribution is -0.141. The van der Waals surface area contributed by atoms with E-state index in [1.54, 1.807) is 0 Å². The second-order valence-electron chi connectivity index (χ2n) is 3.03. The second-order valence-corrected chi connectivity index (χ2v) is 4.24. The van der Waals surface area contributed by atoms with Crippen LogP contribution in [0.25, 0.3) is 0 Å². The molecule has 0 spiro atoms. The fourth-order valence-electron chi connectivity index (χ4n) is 1.18. The molecule has 0 radical (unpaired) electrons. The van der Waals surface area contributed by atoms with Crippen molar-refractivity contribution in [3.05, 3.63) is 28.0 Å². The first-order chi connectivity index (χ1) is 7.89. The van der Waals surface area contributed by atoms with Gasteiger partial charge >= 0.3 is 12.1 Å². The lowest BCUT2D eigenvalue weighted by Gasteiger charge is -2.04. The van der Waals surface area contributed by atoms with Gasteiger partial charge in [0.05, 0.1) is 17.4 Å². The number of aromatic nitrogens is 4. The Hall–Kier alpha value is -1.77. The molecule has 0 aliphatic carbocycles. The molecule has 0 unspecified atom stereocenters. The maximum atomic E-state index is 12.6. The summed E-state index contributed by atoms with van der Waals surface area (Å²) >= 11 is 0.666. The van der Waals surface area contributed by atoms with Crippen LogP contribution >= 0.6 is 11.3 Å². The molecular weight excluding hydrogens is 257 g/mol. The Kier molecular flexibility index (Phi) is 2.69. The number of hydrogen-bond acceptors (Lipinski definition) is 5. The van der Waals surface area contributed by atoms with Crippen molar-refractivity contribution in [1.29, 1.82) is 0 Å². The summed E-state index contributed by atoms with van der Waals surface area (Å²) in [4.78, 5) is 15.1. The average molecular weight is 262 g/mol. The molecule has 5 nitrogen and oxygen atoms in total. The van der Waals surface area contributed by atoms with Gasteiger partial charge in [0.2, 0.25) is 0 Å². The topological polar surface area (TPSA) is 60.7 Å². The molecule has 0 amide bonds. The molecular formula is C8H5F3N4OS. The minimum absolute atomic E-state index is 0.160. The van der Waals surface area contributed by atoms with Gasteiger partial charge in [0.15, 0.2) is 5.69 Å². The highest BCUT2D eigenvalue weighted by Crippen LogP contribution is 2.34. The maximum absolute atomic E-state index is 12.6. The number of rotatable bonds is 1. The fraction of sp³-hybridized carbons (Fsp3) is 0.250. The molecule has 17 heavy (non-hydrogen) atoms. The predicted molar refractivity (Wildman–Crippen MR) is 51.6 cm³/mol. The Balaban J connectivity index is 2.49. The third-order valence-corrected chi connectivity index (χ3v) is 2.76. The van der Waals surface area contributed by atoms with Crippen LogP contribution in [-0.2, 0) is 6.18 Å². The number of halogens is 3. The maximum Gasteiger partial charge on any atom is 0.435 e. The van der Waals surface area contributed by atoms with Crippen LogP contribution in [0.1, 0.15) is 20.4 Å². The minimum Gasteiger partial charge on any atom is -0.264 e. The van der Waals surface area contributed by atoms with Gasteiger partial charge in [-0.05, 0) is 6.92 Å². The molecule has 0 fully saturated rings. The van der Waals surface area contributed by atoms with Crippen LogP contribution in [0.2, 0.25) is 0 Å². The van der Waals surface area contributed by atoms with Crippen molar-refractivity contribution < 1.29 is 18.0 Å². The summed E-state index contributed by atoms with van der Waals surface area (Å²) in [6.45, 7) is 1.40. The van der Waals surface area contributed by atoms with Crippen LogP contribution in [-0.4, -0.2) is 25.9 Å². The summed E-state index contributed by atoms with van der Waals surface area (Å²) in [5.74, 6) is -0.937. The van der Waals surface area contributed by atoms with E-state index in [0.29, 0.717) is 16.1 Å². The monoisotopic (exact) mass is 262 g/mol. The van der Waals surface area contributed by atoms with Crippen LogP contribution in [0.3, 0.4) is 0 Å². The number of carbonyl (C=O) groups is 1. The quantitative estimate of drug-likeness (QED) is 0.785. The molecule has 2 aromatic rings. The summed E-state index contributed by atoms with van der Waals surface area (Å²) in [5, 5.41) is 7.15. The van der Waals surface area contributed by atoms with Gasteiger partial charge in [-0.1, -0.05) is 0 Å². The van der Waals surface area contributed by atoms with Crippen LogP contribution in [0.4, 0.5) is 13.2 Å². The van der Waals surface area contributed by atoms with Gasteiger partial charge in [0.25, 0.3) is 0 Å². The summed E-state index contributed by atoms with van der Waals surface area (Å²) in [6, 6.07) is 0. The molecule has 90 valence electrons. The van der Waals surface area contributed by atoms with E-state index in [1.165, 1.54) is 19.3 Å². The molecule has 0 bridgehead atoms. The molecule has 0 aliphatic heterocycles. The van der Waals surface area contributed by atoms with Gasteiger partial charge < -0.3 is 0 Å². The van der Waals surface area contributed by atoms with Crippen molar-refractivity contribution in [3.63, 3.8) is 0 Å². The SMILES string of the molecule is Cc1nc(C(F)(F)F)c(C(=O)n2nccn2)s1. The van der Waals surface area contributed by atoms with Gasteiger partial charge in [-0.15, -0.1) is 16.1 Å². The molecule has 2 rings (SSSR count). The number of carbonyl (C=O) groups excluding carboxylic acids is 1. The zero-order chi connectivity index (χ0) is 12.6. The van der Waals surface area contributed by atoms with Gasteiger partial charge in [-0.3, -0.25) is 4.79 Å². The van der Waals surface area contributed by atoms with Crippen molar-refractivity contribution in [2.45, 2.75) is 13.1 Å².